The Labute approximate surface area is 69.1 Å². The van der Waals surface area contributed by atoms with Gasteiger partial charge < -0.3 is 4.74 Å². The summed E-state index contributed by atoms with van der Waals surface area (Å²) in [6.07, 6.45) is 2.49. The first kappa shape index (κ1) is 8.01. The van der Waals surface area contributed by atoms with E-state index in [0.29, 0.717) is 5.06 Å². The quantitative estimate of drug-likeness (QED) is 0.640. The third kappa shape index (κ3) is 1.91. The van der Waals surface area contributed by atoms with Gasteiger partial charge in [-0.3, -0.25) is 0 Å². The first-order valence-corrected chi connectivity index (χ1v) is 3.97. The van der Waals surface area contributed by atoms with Crippen LogP contribution in [0.2, 0.25) is 0 Å². The molecule has 11 heavy (non-hydrogen) atoms. The van der Waals surface area contributed by atoms with Crippen LogP contribution in [0.25, 0.3) is 0 Å². The number of hydrogen-bond acceptors (Lipinski definition) is 3. The zero-order valence-electron chi connectivity index (χ0n) is 5.87. The molecule has 0 saturated carbocycles. The van der Waals surface area contributed by atoms with Gasteiger partial charge in [-0.1, -0.05) is 6.08 Å². The fraction of sp³-hybridized carbons (Fsp3) is 0.125. The van der Waals surface area contributed by atoms with E-state index in [9.17, 15) is 4.79 Å². The summed E-state index contributed by atoms with van der Waals surface area (Å²) in [5.74, 6) is 0. The van der Waals surface area contributed by atoms with E-state index in [0.717, 1.165) is 12.0 Å². The van der Waals surface area contributed by atoms with Gasteiger partial charge in [0.05, 0.1) is 0 Å². The molecule has 0 fully saturated rings. The molecule has 1 aromatic rings. The molecule has 1 radical (unpaired) electrons. The minimum Gasteiger partial charge on any atom is -0.407 e. The Kier molecular flexibility index (Phi) is 2.86. The molecule has 0 atom stereocenters. The van der Waals surface area contributed by atoms with Crippen LogP contribution in [0.15, 0.2) is 24.1 Å². The third-order valence-corrected chi connectivity index (χ3v) is 2.04. The summed E-state index contributed by atoms with van der Waals surface area (Å²) in [4.78, 5) is 9.86. The average Bonchev–Trinajstić information content (AvgIpc) is 2.39. The Morgan fingerprint density at radius 1 is 1.82 bits per heavy atom. The second-order valence-corrected chi connectivity index (χ2v) is 2.79. The number of thiophene rings is 1. The van der Waals surface area contributed by atoms with E-state index in [1.807, 2.05) is 11.4 Å². The SMILES string of the molecule is C=CCc1ccsc1O[C]=O. The minimum atomic E-state index is 0.611. The highest BCUT2D eigenvalue weighted by atomic mass is 32.1. The molecule has 3 heteroatoms. The van der Waals surface area contributed by atoms with Crippen LogP contribution >= 0.6 is 11.3 Å². The smallest absolute Gasteiger partial charge is 0.407 e. The van der Waals surface area contributed by atoms with Gasteiger partial charge in [0.1, 0.15) is 0 Å². The summed E-state index contributed by atoms with van der Waals surface area (Å²) < 4.78 is 4.59. The lowest BCUT2D eigenvalue weighted by molar-refractivity contribution is 0.447. The van der Waals surface area contributed by atoms with Crippen LogP contribution in [0.4, 0.5) is 0 Å². The lowest BCUT2D eigenvalue weighted by atomic mass is 10.2. The fourth-order valence-electron chi connectivity index (χ4n) is 0.756. The average molecular weight is 167 g/mol. The summed E-state index contributed by atoms with van der Waals surface area (Å²) in [6.45, 7) is 4.98. The van der Waals surface area contributed by atoms with E-state index >= 15 is 0 Å². The van der Waals surface area contributed by atoms with Gasteiger partial charge >= 0.3 is 6.47 Å². The van der Waals surface area contributed by atoms with Gasteiger partial charge in [0.15, 0.2) is 5.06 Å². The van der Waals surface area contributed by atoms with Gasteiger partial charge in [0.2, 0.25) is 0 Å². The normalized spacial score (nSPS) is 9.09. The van der Waals surface area contributed by atoms with Crippen LogP contribution in [0.3, 0.4) is 0 Å². The maximum Gasteiger partial charge on any atom is 0.424 e. The number of allylic oxidation sites excluding steroid dienone is 1. The molecule has 1 aromatic heterocycles. The zero-order chi connectivity index (χ0) is 8.10. The molecule has 1 heterocycles. The van der Waals surface area contributed by atoms with Gasteiger partial charge in [-0.15, -0.1) is 17.9 Å². The van der Waals surface area contributed by atoms with Crippen LogP contribution in [0.1, 0.15) is 5.56 Å². The van der Waals surface area contributed by atoms with E-state index in [1.165, 1.54) is 17.8 Å². The molecule has 0 unspecified atom stereocenters. The second-order valence-electron chi connectivity index (χ2n) is 1.91. The van der Waals surface area contributed by atoms with Crippen molar-refractivity contribution >= 4 is 17.8 Å². The largest absolute Gasteiger partial charge is 0.424 e. The Morgan fingerprint density at radius 3 is 3.27 bits per heavy atom. The number of hydrogen-bond donors (Lipinski definition) is 0. The Morgan fingerprint density at radius 2 is 2.64 bits per heavy atom. The van der Waals surface area contributed by atoms with Crippen molar-refractivity contribution in [3.63, 3.8) is 0 Å². The fourth-order valence-corrected chi connectivity index (χ4v) is 1.50. The first-order chi connectivity index (χ1) is 5.38. The molecule has 0 aliphatic heterocycles. The molecule has 0 aliphatic rings. The summed E-state index contributed by atoms with van der Waals surface area (Å²) in [7, 11) is 0. The van der Waals surface area contributed by atoms with Crippen LogP contribution in [-0.4, -0.2) is 6.47 Å². The van der Waals surface area contributed by atoms with Crippen molar-refractivity contribution in [3.05, 3.63) is 29.7 Å². The van der Waals surface area contributed by atoms with Crippen molar-refractivity contribution < 1.29 is 9.53 Å². The highest BCUT2D eigenvalue weighted by Gasteiger charge is 2.02. The van der Waals surface area contributed by atoms with Crippen LogP contribution in [0, 0.1) is 0 Å². The number of carbonyl (C=O) groups excluding carboxylic acids is 1. The van der Waals surface area contributed by atoms with Crippen molar-refractivity contribution in [2.75, 3.05) is 0 Å². The van der Waals surface area contributed by atoms with Crippen molar-refractivity contribution in [1.29, 1.82) is 0 Å². The summed E-state index contributed by atoms with van der Waals surface area (Å²) >= 11 is 1.38. The molecule has 1 rings (SSSR count). The van der Waals surface area contributed by atoms with Crippen molar-refractivity contribution in [1.82, 2.24) is 0 Å². The molecular formula is C8H7O2S. The standard InChI is InChI=1S/C8H7O2S/c1-2-3-7-4-5-11-8(7)10-6-9/h2,4-5H,1,3H2. The Bertz CT molecular complexity index is 228. The highest BCUT2D eigenvalue weighted by molar-refractivity contribution is 7.12. The van der Waals surface area contributed by atoms with E-state index < -0.39 is 0 Å². The summed E-state index contributed by atoms with van der Waals surface area (Å²) in [5.41, 5.74) is 0.980. The van der Waals surface area contributed by atoms with Crippen molar-refractivity contribution in [2.45, 2.75) is 6.42 Å². The lowest BCUT2D eigenvalue weighted by Crippen LogP contribution is -1.88. The van der Waals surface area contributed by atoms with Gasteiger partial charge in [0.25, 0.3) is 0 Å². The Hall–Kier alpha value is -1.09. The molecule has 0 amide bonds. The molecule has 0 aliphatic carbocycles. The molecule has 2 nitrogen and oxygen atoms in total. The van der Waals surface area contributed by atoms with Gasteiger partial charge in [-0.25, -0.2) is 4.79 Å². The zero-order valence-corrected chi connectivity index (χ0v) is 6.69. The van der Waals surface area contributed by atoms with Gasteiger partial charge in [-0.2, -0.15) is 0 Å². The molecule has 0 aromatic carbocycles. The second kappa shape index (κ2) is 3.93. The molecule has 0 N–H and O–H groups in total. The van der Waals surface area contributed by atoms with Crippen molar-refractivity contribution in [3.8, 4) is 5.06 Å². The monoisotopic (exact) mass is 167 g/mol. The van der Waals surface area contributed by atoms with E-state index in [1.54, 1.807) is 6.08 Å². The topological polar surface area (TPSA) is 26.3 Å². The van der Waals surface area contributed by atoms with E-state index in [-0.39, 0.29) is 0 Å². The predicted octanol–water partition coefficient (Wildman–Crippen LogP) is 1.92. The third-order valence-electron chi connectivity index (χ3n) is 1.21. The minimum absolute atomic E-state index is 0.611. The molecular weight excluding hydrogens is 160 g/mol. The van der Waals surface area contributed by atoms with Crippen LogP contribution < -0.4 is 4.74 Å². The van der Waals surface area contributed by atoms with Crippen LogP contribution in [0.5, 0.6) is 5.06 Å². The van der Waals surface area contributed by atoms with E-state index in [4.69, 9.17) is 0 Å². The predicted molar refractivity (Wildman–Crippen MR) is 44.5 cm³/mol. The van der Waals surface area contributed by atoms with Gasteiger partial charge in [-0.05, 0) is 17.9 Å². The molecule has 0 spiro atoms. The first-order valence-electron chi connectivity index (χ1n) is 3.09. The Balaban J connectivity index is 2.76. The maximum atomic E-state index is 9.86. The maximum absolute atomic E-state index is 9.86. The summed E-state index contributed by atoms with van der Waals surface area (Å²) in [5, 5.41) is 2.48. The van der Waals surface area contributed by atoms with Gasteiger partial charge in [0, 0.05) is 5.56 Å². The summed E-state index contributed by atoms with van der Waals surface area (Å²) in [6, 6.07) is 1.90. The highest BCUT2D eigenvalue weighted by Crippen LogP contribution is 2.25. The van der Waals surface area contributed by atoms with E-state index in [2.05, 4.69) is 11.3 Å². The number of rotatable bonds is 4. The lowest BCUT2D eigenvalue weighted by Gasteiger charge is -1.94. The van der Waals surface area contributed by atoms with Crippen LogP contribution in [-0.2, 0) is 11.2 Å². The number of ether oxygens (including phenoxy) is 1. The molecule has 0 bridgehead atoms. The van der Waals surface area contributed by atoms with Crippen molar-refractivity contribution in [2.24, 2.45) is 0 Å². The molecule has 0 saturated heterocycles. The molecule has 57 valence electrons.